The molecular formula is C27H31ClN4O5S2. The van der Waals surface area contributed by atoms with Crippen LogP contribution in [0.2, 0.25) is 5.02 Å². The van der Waals surface area contributed by atoms with Crippen LogP contribution in [0.1, 0.15) is 11.1 Å². The molecule has 0 bridgehead atoms. The maximum Gasteiger partial charge on any atom is 0.243 e. The smallest absolute Gasteiger partial charge is 0.243 e. The number of likely N-dealkylation sites (N-methyl/N-ethyl adjacent to an activating group) is 1. The minimum absolute atomic E-state index is 0.0116. The Morgan fingerprint density at radius 3 is 2.13 bits per heavy atom. The van der Waals surface area contributed by atoms with Gasteiger partial charge >= 0.3 is 0 Å². The Bertz CT molecular complexity index is 1520. The molecule has 39 heavy (non-hydrogen) atoms. The van der Waals surface area contributed by atoms with Gasteiger partial charge in [-0.15, -0.1) is 0 Å². The van der Waals surface area contributed by atoms with E-state index >= 15 is 0 Å². The monoisotopic (exact) mass is 590 g/mol. The van der Waals surface area contributed by atoms with Crippen molar-refractivity contribution < 1.29 is 21.6 Å². The molecule has 1 fully saturated rings. The Labute approximate surface area is 235 Å². The molecule has 0 radical (unpaired) electrons. The fraction of sp³-hybridized carbons (Fsp3) is 0.296. The molecule has 0 saturated carbocycles. The summed E-state index contributed by atoms with van der Waals surface area (Å²) in [5.74, 6) is -0.560. The van der Waals surface area contributed by atoms with Crippen LogP contribution in [0.4, 0.5) is 5.69 Å². The maximum absolute atomic E-state index is 13.5. The van der Waals surface area contributed by atoms with E-state index in [2.05, 4.69) is 10.2 Å². The zero-order valence-electron chi connectivity index (χ0n) is 21.7. The summed E-state index contributed by atoms with van der Waals surface area (Å²) in [4.78, 5) is 15.2. The molecule has 208 valence electrons. The van der Waals surface area contributed by atoms with E-state index in [0.29, 0.717) is 36.9 Å². The van der Waals surface area contributed by atoms with Crippen molar-refractivity contribution in [1.82, 2.24) is 13.5 Å². The second kappa shape index (κ2) is 12.2. The molecule has 0 aliphatic carbocycles. The molecule has 12 heteroatoms. The molecule has 1 amide bonds. The summed E-state index contributed by atoms with van der Waals surface area (Å²) in [6.45, 7) is 3.59. The molecule has 1 aliphatic rings. The first-order valence-electron chi connectivity index (χ1n) is 12.3. The summed E-state index contributed by atoms with van der Waals surface area (Å²) in [7, 11) is -5.73. The molecule has 0 aromatic heterocycles. The Morgan fingerprint density at radius 2 is 1.51 bits per heavy atom. The number of anilines is 1. The van der Waals surface area contributed by atoms with Crippen molar-refractivity contribution >= 4 is 43.2 Å². The average Bonchev–Trinajstić information content (AvgIpc) is 2.89. The summed E-state index contributed by atoms with van der Waals surface area (Å²) in [5.41, 5.74) is 2.06. The highest BCUT2D eigenvalue weighted by molar-refractivity contribution is 7.89. The molecule has 1 N–H and O–H groups in total. The summed E-state index contributed by atoms with van der Waals surface area (Å²) >= 11 is 5.94. The van der Waals surface area contributed by atoms with Crippen molar-refractivity contribution in [3.05, 3.63) is 88.9 Å². The zero-order valence-corrected chi connectivity index (χ0v) is 24.1. The molecule has 4 rings (SSSR count). The molecule has 1 aliphatic heterocycles. The second-order valence-electron chi connectivity index (χ2n) is 9.50. The van der Waals surface area contributed by atoms with Gasteiger partial charge in [0.25, 0.3) is 0 Å². The van der Waals surface area contributed by atoms with Crippen LogP contribution in [0.5, 0.6) is 0 Å². The van der Waals surface area contributed by atoms with Crippen molar-refractivity contribution in [1.29, 1.82) is 0 Å². The Kier molecular flexibility index (Phi) is 9.10. The number of carbonyl (C=O) groups excluding carboxylic acids is 1. The van der Waals surface area contributed by atoms with E-state index in [-0.39, 0.29) is 16.3 Å². The van der Waals surface area contributed by atoms with Crippen LogP contribution in [0.15, 0.2) is 82.6 Å². The lowest BCUT2D eigenvalue weighted by Crippen LogP contribution is -2.46. The van der Waals surface area contributed by atoms with Crippen molar-refractivity contribution in [2.24, 2.45) is 0 Å². The Balaban J connectivity index is 1.50. The quantitative estimate of drug-likeness (QED) is 0.409. The lowest BCUT2D eigenvalue weighted by Gasteiger charge is -2.31. The summed E-state index contributed by atoms with van der Waals surface area (Å²) in [5, 5.41) is 3.08. The fourth-order valence-electron chi connectivity index (χ4n) is 4.24. The number of hydrogen-bond acceptors (Lipinski definition) is 6. The van der Waals surface area contributed by atoms with Gasteiger partial charge in [-0.1, -0.05) is 41.4 Å². The second-order valence-corrected chi connectivity index (χ2v) is 13.8. The van der Waals surface area contributed by atoms with Gasteiger partial charge in [0.05, 0.1) is 16.3 Å². The Hall–Kier alpha value is -2.80. The Morgan fingerprint density at radius 1 is 0.897 bits per heavy atom. The zero-order chi connectivity index (χ0) is 28.2. The van der Waals surface area contributed by atoms with Gasteiger partial charge in [-0.3, -0.25) is 4.79 Å². The molecule has 9 nitrogen and oxygen atoms in total. The van der Waals surface area contributed by atoms with Crippen LogP contribution >= 0.6 is 11.6 Å². The predicted octanol–water partition coefficient (Wildman–Crippen LogP) is 3.41. The van der Waals surface area contributed by atoms with Crippen molar-refractivity contribution in [2.45, 2.75) is 23.3 Å². The molecule has 3 aromatic rings. The van der Waals surface area contributed by atoms with E-state index in [1.807, 2.05) is 32.2 Å². The van der Waals surface area contributed by atoms with E-state index in [0.717, 1.165) is 15.4 Å². The normalized spacial score (nSPS) is 15.4. The minimum atomic E-state index is -4.03. The SMILES string of the molecule is Cc1cccc(CN(CC(=O)Nc2ccc(S(=O)(=O)N3CCN(C)CC3)cc2)S(=O)(=O)c2ccc(Cl)cc2)c1. The first kappa shape index (κ1) is 29.2. The number of carbonyl (C=O) groups is 1. The lowest BCUT2D eigenvalue weighted by atomic mass is 10.1. The molecule has 0 unspecified atom stereocenters. The fourth-order valence-corrected chi connectivity index (χ4v) is 7.18. The molecule has 1 saturated heterocycles. The van der Waals surface area contributed by atoms with Crippen LogP contribution < -0.4 is 5.32 Å². The minimum Gasteiger partial charge on any atom is -0.325 e. The van der Waals surface area contributed by atoms with Crippen LogP contribution in [0.3, 0.4) is 0 Å². The summed E-state index contributed by atoms with van der Waals surface area (Å²) < 4.78 is 55.5. The van der Waals surface area contributed by atoms with E-state index in [9.17, 15) is 21.6 Å². The van der Waals surface area contributed by atoms with E-state index in [1.165, 1.54) is 52.8 Å². The van der Waals surface area contributed by atoms with E-state index < -0.39 is 32.5 Å². The van der Waals surface area contributed by atoms with Gasteiger partial charge in [0, 0.05) is 43.4 Å². The summed E-state index contributed by atoms with van der Waals surface area (Å²) in [6.07, 6.45) is 0. The number of halogens is 1. The number of piperazine rings is 1. The number of amides is 1. The van der Waals surface area contributed by atoms with Gasteiger partial charge in [-0.25, -0.2) is 16.8 Å². The highest BCUT2D eigenvalue weighted by Gasteiger charge is 2.29. The molecule has 1 heterocycles. The topological polar surface area (TPSA) is 107 Å². The molecule has 3 aromatic carbocycles. The van der Waals surface area contributed by atoms with Crippen molar-refractivity contribution in [3.63, 3.8) is 0 Å². The number of nitrogens with one attached hydrogen (secondary N) is 1. The average molecular weight is 591 g/mol. The standard InChI is InChI=1S/C27H31ClN4O5S2/c1-21-4-3-5-22(18-21)19-32(39(36,37)25-10-6-23(28)7-11-25)20-27(33)29-24-8-12-26(13-9-24)38(34,35)31-16-14-30(2)15-17-31/h3-13,18H,14-17,19-20H2,1-2H3,(H,29,33). The van der Waals surface area contributed by atoms with Crippen LogP contribution in [-0.4, -0.2) is 76.0 Å². The number of hydrogen-bond donors (Lipinski definition) is 1. The van der Waals surface area contributed by atoms with Gasteiger partial charge in [0.1, 0.15) is 0 Å². The van der Waals surface area contributed by atoms with E-state index in [4.69, 9.17) is 11.6 Å². The van der Waals surface area contributed by atoms with Gasteiger partial charge < -0.3 is 10.2 Å². The lowest BCUT2D eigenvalue weighted by molar-refractivity contribution is -0.116. The van der Waals surface area contributed by atoms with Crippen molar-refractivity contribution in [2.75, 3.05) is 45.1 Å². The van der Waals surface area contributed by atoms with Gasteiger partial charge in [-0.2, -0.15) is 8.61 Å². The molecule has 0 atom stereocenters. The largest absolute Gasteiger partial charge is 0.325 e. The highest BCUT2D eigenvalue weighted by Crippen LogP contribution is 2.22. The third kappa shape index (κ3) is 7.24. The number of rotatable bonds is 9. The first-order chi connectivity index (χ1) is 18.4. The van der Waals surface area contributed by atoms with Gasteiger partial charge in [0.2, 0.25) is 26.0 Å². The van der Waals surface area contributed by atoms with Crippen molar-refractivity contribution in [3.8, 4) is 0 Å². The maximum atomic E-state index is 13.5. The van der Waals surface area contributed by atoms with Crippen LogP contribution in [0, 0.1) is 6.92 Å². The van der Waals surface area contributed by atoms with Gasteiger partial charge in [0.15, 0.2) is 0 Å². The third-order valence-corrected chi connectivity index (χ3v) is 10.4. The van der Waals surface area contributed by atoms with Crippen LogP contribution in [0.25, 0.3) is 0 Å². The molecule has 0 spiro atoms. The number of benzene rings is 3. The first-order valence-corrected chi connectivity index (χ1v) is 15.6. The number of sulfonamides is 2. The molecular weight excluding hydrogens is 560 g/mol. The summed E-state index contributed by atoms with van der Waals surface area (Å²) in [6, 6.07) is 19.0. The number of nitrogens with zero attached hydrogens (tertiary/aromatic N) is 3. The van der Waals surface area contributed by atoms with Gasteiger partial charge in [-0.05, 0) is 68.1 Å². The highest BCUT2D eigenvalue weighted by atomic mass is 35.5. The predicted molar refractivity (Wildman–Crippen MR) is 152 cm³/mol. The number of aryl methyl sites for hydroxylation is 1. The third-order valence-electron chi connectivity index (χ3n) is 6.45. The van der Waals surface area contributed by atoms with Crippen LogP contribution in [-0.2, 0) is 31.4 Å². The van der Waals surface area contributed by atoms with E-state index in [1.54, 1.807) is 6.07 Å².